The van der Waals surface area contributed by atoms with Gasteiger partial charge in [0.05, 0.1) is 11.4 Å². The van der Waals surface area contributed by atoms with Crippen LogP contribution in [0.5, 0.6) is 0 Å². The highest BCUT2D eigenvalue weighted by molar-refractivity contribution is 6.28. The predicted octanol–water partition coefficient (Wildman–Crippen LogP) is 2.15. The van der Waals surface area contributed by atoms with Crippen molar-refractivity contribution < 1.29 is 9.59 Å². The molecule has 1 aliphatic rings. The molecule has 8 nitrogen and oxygen atoms in total. The lowest BCUT2D eigenvalue weighted by Gasteiger charge is -2.01. The number of hydrazone groups is 2. The smallest absolute Gasteiger partial charge is 0.267 e. The maximum Gasteiger partial charge on any atom is 0.271 e. The highest BCUT2D eigenvalue weighted by atomic mass is 16.2. The maximum absolute atomic E-state index is 12.2. The number of nitrogens with one attached hydrogen (secondary N) is 2. The molecule has 2 aromatic heterocycles. The average Bonchev–Trinajstić information content (AvgIpc) is 3.15. The second-order valence-corrected chi connectivity index (χ2v) is 6.19. The summed E-state index contributed by atoms with van der Waals surface area (Å²) in [6.45, 7) is 0. The average molecular weight is 384 g/mol. The van der Waals surface area contributed by atoms with Crippen molar-refractivity contribution in [3.63, 3.8) is 0 Å². The molecule has 0 saturated carbocycles. The summed E-state index contributed by atoms with van der Waals surface area (Å²) in [6.07, 6.45) is 6.56. The molecular weight excluding hydrogens is 368 g/mol. The van der Waals surface area contributed by atoms with Gasteiger partial charge >= 0.3 is 0 Å². The van der Waals surface area contributed by atoms with Crippen LogP contribution in [0.2, 0.25) is 0 Å². The molecule has 29 heavy (non-hydrogen) atoms. The molecule has 0 aliphatic heterocycles. The molecule has 0 fully saturated rings. The lowest BCUT2D eigenvalue weighted by atomic mass is 10.1. The molecule has 1 aromatic carbocycles. The molecule has 2 amide bonds. The van der Waals surface area contributed by atoms with E-state index in [2.05, 4.69) is 31.0 Å². The van der Waals surface area contributed by atoms with Crippen LogP contribution in [0.1, 0.15) is 38.3 Å². The minimum Gasteiger partial charge on any atom is -0.267 e. The number of fused-ring (bicyclic) bond motifs is 1. The molecular formula is C21H16N6O2. The highest BCUT2D eigenvalue weighted by Crippen LogP contribution is 2.23. The Balaban J connectivity index is 1.53. The zero-order chi connectivity index (χ0) is 20.1. The van der Waals surface area contributed by atoms with Gasteiger partial charge in [0.15, 0.2) is 0 Å². The van der Waals surface area contributed by atoms with Gasteiger partial charge in [-0.05, 0) is 24.3 Å². The van der Waals surface area contributed by atoms with Crippen LogP contribution in [0.25, 0.3) is 0 Å². The summed E-state index contributed by atoms with van der Waals surface area (Å²) in [5.41, 5.74) is 9.12. The molecule has 0 bridgehead atoms. The molecule has 2 heterocycles. The molecule has 2 N–H and O–H groups in total. The maximum atomic E-state index is 12.2. The van der Waals surface area contributed by atoms with E-state index in [9.17, 15) is 9.59 Å². The molecule has 0 radical (unpaired) electrons. The van der Waals surface area contributed by atoms with Crippen molar-refractivity contribution in [2.75, 3.05) is 0 Å². The topological polar surface area (TPSA) is 109 Å². The fourth-order valence-electron chi connectivity index (χ4n) is 2.91. The Kier molecular flexibility index (Phi) is 5.15. The van der Waals surface area contributed by atoms with Crippen molar-refractivity contribution in [2.24, 2.45) is 10.2 Å². The Morgan fingerprint density at radius 1 is 0.690 bits per heavy atom. The predicted molar refractivity (Wildman–Crippen MR) is 108 cm³/mol. The van der Waals surface area contributed by atoms with Gasteiger partial charge in [0.2, 0.25) is 0 Å². The number of nitrogens with zero attached hydrogens (tertiary/aromatic N) is 4. The molecule has 0 saturated heterocycles. The third kappa shape index (κ3) is 4.06. The van der Waals surface area contributed by atoms with Crippen LogP contribution < -0.4 is 10.9 Å². The molecule has 3 aromatic rings. The molecule has 0 unspecified atom stereocenters. The van der Waals surface area contributed by atoms with Gasteiger partial charge in [-0.25, -0.2) is 10.9 Å². The van der Waals surface area contributed by atoms with Crippen molar-refractivity contribution >= 4 is 23.2 Å². The van der Waals surface area contributed by atoms with Gasteiger partial charge in [-0.2, -0.15) is 10.2 Å². The van der Waals surface area contributed by atoms with Crippen molar-refractivity contribution in [1.29, 1.82) is 0 Å². The van der Waals surface area contributed by atoms with Crippen molar-refractivity contribution in [1.82, 2.24) is 20.8 Å². The number of amides is 2. The fourth-order valence-corrected chi connectivity index (χ4v) is 2.91. The first-order valence-corrected chi connectivity index (χ1v) is 8.86. The minimum absolute atomic E-state index is 0.325. The van der Waals surface area contributed by atoms with E-state index in [1.54, 1.807) is 49.1 Å². The van der Waals surface area contributed by atoms with Gasteiger partial charge in [-0.1, -0.05) is 24.3 Å². The fraction of sp³-hybridized carbons (Fsp3) is 0.0476. The van der Waals surface area contributed by atoms with Crippen molar-refractivity contribution in [3.8, 4) is 0 Å². The largest absolute Gasteiger partial charge is 0.271 e. The Bertz CT molecular complexity index is 1020. The van der Waals surface area contributed by atoms with E-state index in [0.717, 1.165) is 11.1 Å². The number of rotatable bonds is 4. The number of benzene rings is 1. The zero-order valence-corrected chi connectivity index (χ0v) is 15.2. The van der Waals surface area contributed by atoms with E-state index >= 15 is 0 Å². The van der Waals surface area contributed by atoms with Gasteiger partial charge in [-0.3, -0.25) is 19.6 Å². The monoisotopic (exact) mass is 384 g/mol. The van der Waals surface area contributed by atoms with Crippen LogP contribution in [-0.2, 0) is 0 Å². The van der Waals surface area contributed by atoms with Gasteiger partial charge in [0, 0.05) is 53.5 Å². The summed E-state index contributed by atoms with van der Waals surface area (Å²) < 4.78 is 0. The highest BCUT2D eigenvalue weighted by Gasteiger charge is 2.24. The Hall–Kier alpha value is -4.20. The normalized spacial score (nSPS) is 15.2. The van der Waals surface area contributed by atoms with Crippen LogP contribution in [0.3, 0.4) is 0 Å². The number of hydrogen-bond acceptors (Lipinski definition) is 6. The third-order valence-electron chi connectivity index (χ3n) is 4.35. The molecule has 0 atom stereocenters. The van der Waals surface area contributed by atoms with Crippen LogP contribution in [-0.4, -0.2) is 33.2 Å². The van der Waals surface area contributed by atoms with E-state index in [1.807, 2.05) is 24.3 Å². The van der Waals surface area contributed by atoms with E-state index in [-0.39, 0.29) is 11.8 Å². The Morgan fingerprint density at radius 3 is 1.52 bits per heavy atom. The lowest BCUT2D eigenvalue weighted by Crippen LogP contribution is -2.20. The number of aromatic nitrogens is 2. The summed E-state index contributed by atoms with van der Waals surface area (Å²) in [7, 11) is 0. The van der Waals surface area contributed by atoms with Crippen molar-refractivity contribution in [2.45, 2.75) is 6.42 Å². The molecule has 4 rings (SSSR count). The quantitative estimate of drug-likeness (QED) is 0.672. The first-order chi connectivity index (χ1) is 14.2. The van der Waals surface area contributed by atoms with Crippen molar-refractivity contribution in [3.05, 3.63) is 95.6 Å². The number of carbonyl (C=O) groups excluding carboxylic acids is 2. The van der Waals surface area contributed by atoms with Gasteiger partial charge in [-0.15, -0.1) is 0 Å². The zero-order valence-electron chi connectivity index (χ0n) is 15.2. The summed E-state index contributed by atoms with van der Waals surface area (Å²) in [5.74, 6) is -0.650. The Labute approximate surface area is 166 Å². The first-order valence-electron chi connectivity index (χ1n) is 8.86. The third-order valence-corrected chi connectivity index (χ3v) is 4.35. The summed E-state index contributed by atoms with van der Waals surface area (Å²) in [5, 5.41) is 8.54. The first kappa shape index (κ1) is 18.2. The van der Waals surface area contributed by atoms with Gasteiger partial charge in [0.25, 0.3) is 11.8 Å². The molecule has 142 valence electrons. The second kappa shape index (κ2) is 8.22. The van der Waals surface area contributed by atoms with E-state index in [1.165, 1.54) is 0 Å². The van der Waals surface area contributed by atoms with E-state index < -0.39 is 0 Å². The SMILES string of the molecule is O=C(N/N=C1/C/C(=N\NC(=O)c2ccncc2)c2ccccc21)c1ccncc1. The van der Waals surface area contributed by atoms with Crippen LogP contribution in [0.4, 0.5) is 0 Å². The van der Waals surface area contributed by atoms with Gasteiger partial charge < -0.3 is 0 Å². The standard InChI is InChI=1S/C21H16N6O2/c28-20(14-5-9-22-10-6-14)26-24-18-13-19(17-4-2-1-3-16(17)18)25-27-21(29)15-7-11-23-12-8-15/h1-12H,13H2,(H,26,28)(H,27,29)/b24-18-,25-19+. The number of pyridine rings is 2. The van der Waals surface area contributed by atoms with E-state index in [0.29, 0.717) is 29.0 Å². The van der Waals surface area contributed by atoms with Gasteiger partial charge in [0.1, 0.15) is 0 Å². The number of carbonyl (C=O) groups is 2. The molecule has 8 heteroatoms. The lowest BCUT2D eigenvalue weighted by molar-refractivity contribution is 0.0947. The number of hydrogen-bond donors (Lipinski definition) is 2. The summed E-state index contributed by atoms with van der Waals surface area (Å²) >= 11 is 0. The summed E-state index contributed by atoms with van der Waals surface area (Å²) in [6, 6.07) is 14.0. The molecule has 1 aliphatic carbocycles. The minimum atomic E-state index is -0.325. The van der Waals surface area contributed by atoms with Crippen LogP contribution in [0, 0.1) is 0 Å². The van der Waals surface area contributed by atoms with Crippen LogP contribution in [0.15, 0.2) is 83.5 Å². The summed E-state index contributed by atoms with van der Waals surface area (Å²) in [4.78, 5) is 32.2. The molecule has 0 spiro atoms. The Morgan fingerprint density at radius 2 is 1.10 bits per heavy atom. The van der Waals surface area contributed by atoms with E-state index in [4.69, 9.17) is 0 Å². The second-order valence-electron chi connectivity index (χ2n) is 6.19. The van der Waals surface area contributed by atoms with Crippen LogP contribution >= 0.6 is 0 Å².